The van der Waals surface area contributed by atoms with Crippen molar-refractivity contribution in [2.45, 2.75) is 64.2 Å². The molecule has 1 saturated carbocycles. The maximum Gasteiger partial charge on any atom is 0.252 e. The second-order valence-corrected chi connectivity index (χ2v) is 10.4. The Hall–Kier alpha value is -4.07. The summed E-state index contributed by atoms with van der Waals surface area (Å²) in [6.07, 6.45) is 4.12. The molecule has 7 nitrogen and oxygen atoms in total. The van der Waals surface area contributed by atoms with E-state index in [1.54, 1.807) is 36.4 Å². The van der Waals surface area contributed by atoms with Gasteiger partial charge in [-0.1, -0.05) is 31.4 Å². The highest BCUT2D eigenvalue weighted by molar-refractivity contribution is 5.99. The zero-order valence-corrected chi connectivity index (χ0v) is 23.2. The zero-order chi connectivity index (χ0) is 28.4. The standard InChI is InChI=1S/C32H38FN3O4/c1-23(2)40-29-14-8-25(9-15-29)30(37)36-32(18-4-3-5-19-32)31(38)35-21-20-34-27-12-16-28(17-13-27)39-22-24-6-10-26(33)11-7-24/h6-17,23,34H,3-5,18-22H2,1-2H3,(H,35,38)(H,36,37). The second-order valence-electron chi connectivity index (χ2n) is 10.4. The van der Waals surface area contributed by atoms with Gasteiger partial charge in [-0.3, -0.25) is 9.59 Å². The lowest BCUT2D eigenvalue weighted by atomic mass is 9.80. The lowest BCUT2D eigenvalue weighted by Gasteiger charge is -2.36. The van der Waals surface area contributed by atoms with E-state index in [0.29, 0.717) is 49.6 Å². The van der Waals surface area contributed by atoms with Gasteiger partial charge >= 0.3 is 0 Å². The number of halogens is 1. The summed E-state index contributed by atoms with van der Waals surface area (Å²) in [5.74, 6) is 0.740. The Balaban J connectivity index is 1.25. The van der Waals surface area contributed by atoms with Gasteiger partial charge in [-0.05, 0) is 92.9 Å². The van der Waals surface area contributed by atoms with E-state index in [9.17, 15) is 14.0 Å². The smallest absolute Gasteiger partial charge is 0.252 e. The summed E-state index contributed by atoms with van der Waals surface area (Å²) in [4.78, 5) is 26.4. The van der Waals surface area contributed by atoms with Gasteiger partial charge in [0.25, 0.3) is 5.91 Å². The van der Waals surface area contributed by atoms with E-state index in [1.165, 1.54) is 12.1 Å². The first-order valence-electron chi connectivity index (χ1n) is 13.9. The Labute approximate surface area is 235 Å². The average Bonchev–Trinajstić information content (AvgIpc) is 2.96. The molecule has 0 atom stereocenters. The van der Waals surface area contributed by atoms with Crippen LogP contribution in [0.2, 0.25) is 0 Å². The van der Waals surface area contributed by atoms with E-state index >= 15 is 0 Å². The molecule has 1 aliphatic carbocycles. The zero-order valence-electron chi connectivity index (χ0n) is 23.2. The number of benzene rings is 3. The molecule has 0 aromatic heterocycles. The number of ether oxygens (including phenoxy) is 2. The van der Waals surface area contributed by atoms with Gasteiger partial charge in [-0.2, -0.15) is 0 Å². The number of carbonyl (C=O) groups excluding carboxylic acids is 2. The number of amides is 2. The largest absolute Gasteiger partial charge is 0.491 e. The molecular weight excluding hydrogens is 509 g/mol. The average molecular weight is 548 g/mol. The molecule has 3 N–H and O–H groups in total. The van der Waals surface area contributed by atoms with Gasteiger partial charge in [-0.15, -0.1) is 0 Å². The van der Waals surface area contributed by atoms with Crippen LogP contribution in [0.3, 0.4) is 0 Å². The minimum atomic E-state index is -0.911. The maximum atomic E-state index is 13.3. The number of anilines is 1. The van der Waals surface area contributed by atoms with Crippen molar-refractivity contribution in [1.82, 2.24) is 10.6 Å². The van der Waals surface area contributed by atoms with Crippen molar-refractivity contribution >= 4 is 17.5 Å². The Morgan fingerprint density at radius 2 is 1.50 bits per heavy atom. The van der Waals surface area contributed by atoms with Crippen molar-refractivity contribution in [2.75, 3.05) is 18.4 Å². The molecule has 0 heterocycles. The van der Waals surface area contributed by atoms with E-state index in [0.717, 1.165) is 30.5 Å². The van der Waals surface area contributed by atoms with Crippen LogP contribution in [0.25, 0.3) is 0 Å². The van der Waals surface area contributed by atoms with Crippen molar-refractivity contribution in [2.24, 2.45) is 0 Å². The third-order valence-corrected chi connectivity index (χ3v) is 6.90. The van der Waals surface area contributed by atoms with Crippen LogP contribution < -0.4 is 25.4 Å². The fourth-order valence-corrected chi connectivity index (χ4v) is 4.78. The molecule has 40 heavy (non-hydrogen) atoms. The predicted molar refractivity (Wildman–Crippen MR) is 154 cm³/mol. The molecule has 0 saturated heterocycles. The van der Waals surface area contributed by atoms with Crippen molar-refractivity contribution in [3.63, 3.8) is 0 Å². The van der Waals surface area contributed by atoms with Gasteiger partial charge in [0.2, 0.25) is 5.91 Å². The predicted octanol–water partition coefficient (Wildman–Crippen LogP) is 5.85. The molecule has 0 bridgehead atoms. The van der Waals surface area contributed by atoms with Crippen molar-refractivity contribution < 1.29 is 23.5 Å². The van der Waals surface area contributed by atoms with Gasteiger partial charge in [0.05, 0.1) is 6.10 Å². The molecule has 8 heteroatoms. The van der Waals surface area contributed by atoms with Crippen LogP contribution in [-0.2, 0) is 11.4 Å². The van der Waals surface area contributed by atoms with Gasteiger partial charge in [0.15, 0.2) is 0 Å². The highest BCUT2D eigenvalue weighted by Crippen LogP contribution is 2.29. The van der Waals surface area contributed by atoms with Crippen molar-refractivity contribution in [3.05, 3.63) is 89.7 Å². The first-order chi connectivity index (χ1) is 19.3. The molecule has 4 rings (SSSR count). The number of carbonyl (C=O) groups is 2. The topological polar surface area (TPSA) is 88.7 Å². The molecule has 2 amide bonds. The summed E-state index contributed by atoms with van der Waals surface area (Å²) >= 11 is 0. The van der Waals surface area contributed by atoms with Crippen LogP contribution in [0.4, 0.5) is 10.1 Å². The van der Waals surface area contributed by atoms with Crippen LogP contribution in [0, 0.1) is 5.82 Å². The Morgan fingerprint density at radius 1 is 0.850 bits per heavy atom. The van der Waals surface area contributed by atoms with E-state index in [1.807, 2.05) is 38.1 Å². The second kappa shape index (κ2) is 13.8. The Bertz CT molecular complexity index is 1240. The van der Waals surface area contributed by atoms with E-state index in [2.05, 4.69) is 16.0 Å². The van der Waals surface area contributed by atoms with Gasteiger partial charge in [0, 0.05) is 24.3 Å². The number of rotatable bonds is 12. The summed E-state index contributed by atoms with van der Waals surface area (Å²) in [5.41, 5.74) is 1.38. The molecule has 0 radical (unpaired) electrons. The molecule has 3 aromatic rings. The summed E-state index contributed by atoms with van der Waals surface area (Å²) in [6, 6.07) is 20.8. The van der Waals surface area contributed by atoms with E-state index in [-0.39, 0.29) is 23.7 Å². The summed E-state index contributed by atoms with van der Waals surface area (Å²) in [7, 11) is 0. The minimum absolute atomic E-state index is 0.0516. The molecule has 0 aliphatic heterocycles. The minimum Gasteiger partial charge on any atom is -0.491 e. The summed E-state index contributed by atoms with van der Waals surface area (Å²) in [6.45, 7) is 5.21. The SMILES string of the molecule is CC(C)Oc1ccc(C(=O)NC2(C(=O)NCCNc3ccc(OCc4ccc(F)cc4)cc3)CCCCC2)cc1. The molecule has 0 spiro atoms. The van der Waals surface area contributed by atoms with E-state index in [4.69, 9.17) is 9.47 Å². The molecule has 0 unspecified atom stereocenters. The first-order valence-corrected chi connectivity index (χ1v) is 13.9. The quantitative estimate of drug-likeness (QED) is 0.248. The molecule has 1 fully saturated rings. The van der Waals surface area contributed by atoms with Gasteiger partial charge in [-0.25, -0.2) is 4.39 Å². The third-order valence-electron chi connectivity index (χ3n) is 6.90. The normalized spacial score (nSPS) is 14.3. The molecule has 3 aromatic carbocycles. The van der Waals surface area contributed by atoms with E-state index < -0.39 is 5.54 Å². The molecule has 212 valence electrons. The van der Waals surface area contributed by atoms with Crippen LogP contribution >= 0.6 is 0 Å². The highest BCUT2D eigenvalue weighted by Gasteiger charge is 2.40. The van der Waals surface area contributed by atoms with Crippen LogP contribution in [0.1, 0.15) is 61.9 Å². The van der Waals surface area contributed by atoms with Crippen LogP contribution in [0.5, 0.6) is 11.5 Å². The lowest BCUT2D eigenvalue weighted by molar-refractivity contribution is -0.128. The lowest BCUT2D eigenvalue weighted by Crippen LogP contribution is -2.60. The first kappa shape index (κ1) is 28.9. The highest BCUT2D eigenvalue weighted by atomic mass is 19.1. The summed E-state index contributed by atoms with van der Waals surface area (Å²) in [5, 5.41) is 9.37. The number of hydrogen-bond donors (Lipinski definition) is 3. The monoisotopic (exact) mass is 547 g/mol. The Morgan fingerprint density at radius 3 is 2.15 bits per heavy atom. The Kier molecular flexibility index (Phi) is 10.00. The summed E-state index contributed by atoms with van der Waals surface area (Å²) < 4.78 is 24.5. The molecule has 1 aliphatic rings. The fraction of sp³-hybridized carbons (Fsp3) is 0.375. The number of nitrogens with one attached hydrogen (secondary N) is 3. The molecular formula is C32H38FN3O4. The number of hydrogen-bond acceptors (Lipinski definition) is 5. The maximum absolute atomic E-state index is 13.3. The van der Waals surface area contributed by atoms with Gasteiger partial charge in [0.1, 0.15) is 29.5 Å². The van der Waals surface area contributed by atoms with Crippen molar-refractivity contribution in [1.29, 1.82) is 0 Å². The van der Waals surface area contributed by atoms with Crippen LogP contribution in [-0.4, -0.2) is 36.5 Å². The third kappa shape index (κ3) is 8.21. The van der Waals surface area contributed by atoms with Crippen molar-refractivity contribution in [3.8, 4) is 11.5 Å². The van der Waals surface area contributed by atoms with Crippen LogP contribution in [0.15, 0.2) is 72.8 Å². The fourth-order valence-electron chi connectivity index (χ4n) is 4.78. The van der Waals surface area contributed by atoms with Gasteiger partial charge < -0.3 is 25.4 Å².